The van der Waals surface area contributed by atoms with Crippen LogP contribution in [0.2, 0.25) is 0 Å². The van der Waals surface area contributed by atoms with Gasteiger partial charge >= 0.3 is 0 Å². The Balaban J connectivity index is 1.59. The molecule has 21 heavy (non-hydrogen) atoms. The van der Waals surface area contributed by atoms with Crippen molar-refractivity contribution < 1.29 is 4.79 Å². The second kappa shape index (κ2) is 6.79. The van der Waals surface area contributed by atoms with Gasteiger partial charge in [-0.05, 0) is 31.9 Å². The standard InChI is InChI=1S/C16H20N2OS2/c1-11(15(19)17-12-7-3-2-4-8-12)20-16-18-13-9-5-6-10-14(13)21-16/h5-6,9-12H,2-4,7-8H2,1H3,(H,17,19)/t11-/m0/s1. The summed E-state index contributed by atoms with van der Waals surface area (Å²) in [6.07, 6.45) is 6.05. The Kier molecular flexibility index (Phi) is 4.80. The molecule has 1 aromatic heterocycles. The summed E-state index contributed by atoms with van der Waals surface area (Å²) in [4.78, 5) is 16.9. The molecule has 1 N–H and O–H groups in total. The first kappa shape index (κ1) is 14.9. The van der Waals surface area contributed by atoms with Gasteiger partial charge in [0.15, 0.2) is 4.34 Å². The molecule has 0 spiro atoms. The molecule has 1 atom stereocenters. The van der Waals surface area contributed by atoms with Gasteiger partial charge in [-0.25, -0.2) is 4.98 Å². The van der Waals surface area contributed by atoms with E-state index in [0.717, 1.165) is 22.7 Å². The van der Waals surface area contributed by atoms with E-state index in [1.54, 1.807) is 23.1 Å². The molecule has 1 aliphatic carbocycles. The Labute approximate surface area is 133 Å². The maximum absolute atomic E-state index is 12.3. The minimum Gasteiger partial charge on any atom is -0.352 e. The number of para-hydroxylation sites is 1. The van der Waals surface area contributed by atoms with Gasteiger partial charge in [0.1, 0.15) is 0 Å². The van der Waals surface area contributed by atoms with Gasteiger partial charge in [0.25, 0.3) is 0 Å². The van der Waals surface area contributed by atoms with Gasteiger partial charge in [-0.3, -0.25) is 4.79 Å². The number of nitrogens with one attached hydrogen (secondary N) is 1. The van der Waals surface area contributed by atoms with Crippen LogP contribution in [-0.2, 0) is 4.79 Å². The molecule has 3 nitrogen and oxygen atoms in total. The van der Waals surface area contributed by atoms with E-state index in [0.29, 0.717) is 6.04 Å². The number of aromatic nitrogens is 1. The molecule has 5 heteroatoms. The quantitative estimate of drug-likeness (QED) is 0.857. The molecule has 1 fully saturated rings. The van der Waals surface area contributed by atoms with Crippen LogP contribution in [0.25, 0.3) is 10.2 Å². The van der Waals surface area contributed by atoms with Crippen molar-refractivity contribution in [3.05, 3.63) is 24.3 Å². The van der Waals surface area contributed by atoms with Gasteiger partial charge in [0.05, 0.1) is 15.5 Å². The summed E-state index contributed by atoms with van der Waals surface area (Å²) >= 11 is 3.22. The zero-order valence-electron chi connectivity index (χ0n) is 12.2. The maximum atomic E-state index is 12.3. The maximum Gasteiger partial charge on any atom is 0.233 e. The highest BCUT2D eigenvalue weighted by Gasteiger charge is 2.21. The third-order valence-corrected chi connectivity index (χ3v) is 6.10. The van der Waals surface area contributed by atoms with Gasteiger partial charge in [-0.1, -0.05) is 43.2 Å². The summed E-state index contributed by atoms with van der Waals surface area (Å²) in [5.74, 6) is 0.145. The molecule has 112 valence electrons. The van der Waals surface area contributed by atoms with E-state index in [1.807, 2.05) is 25.1 Å². The number of carbonyl (C=O) groups is 1. The fourth-order valence-electron chi connectivity index (χ4n) is 2.67. The first-order valence-electron chi connectivity index (χ1n) is 7.55. The first-order chi connectivity index (χ1) is 10.2. The Hall–Kier alpha value is -1.07. The third kappa shape index (κ3) is 3.77. The minimum absolute atomic E-state index is 0.0903. The number of benzene rings is 1. The zero-order valence-corrected chi connectivity index (χ0v) is 13.8. The Bertz CT molecular complexity index is 587. The minimum atomic E-state index is -0.0903. The molecule has 2 aromatic rings. The van der Waals surface area contributed by atoms with Crippen molar-refractivity contribution in [2.75, 3.05) is 0 Å². The molecular weight excluding hydrogens is 300 g/mol. The Morgan fingerprint density at radius 2 is 2.10 bits per heavy atom. The van der Waals surface area contributed by atoms with Crippen molar-refractivity contribution in [2.24, 2.45) is 0 Å². The Morgan fingerprint density at radius 1 is 1.33 bits per heavy atom. The van der Waals surface area contributed by atoms with E-state index in [-0.39, 0.29) is 11.2 Å². The summed E-state index contributed by atoms with van der Waals surface area (Å²) < 4.78 is 2.15. The van der Waals surface area contributed by atoms with Crippen molar-refractivity contribution >= 4 is 39.2 Å². The van der Waals surface area contributed by atoms with Crippen LogP contribution < -0.4 is 5.32 Å². The molecule has 0 radical (unpaired) electrons. The van der Waals surface area contributed by atoms with E-state index in [4.69, 9.17) is 0 Å². The zero-order chi connectivity index (χ0) is 14.7. The van der Waals surface area contributed by atoms with Crippen LogP contribution in [0.5, 0.6) is 0 Å². The topological polar surface area (TPSA) is 42.0 Å². The number of hydrogen-bond acceptors (Lipinski definition) is 4. The van der Waals surface area contributed by atoms with Crippen LogP contribution in [0.4, 0.5) is 0 Å². The van der Waals surface area contributed by atoms with Crippen molar-refractivity contribution in [1.82, 2.24) is 10.3 Å². The second-order valence-corrected chi connectivity index (χ2v) is 8.17. The van der Waals surface area contributed by atoms with E-state index in [2.05, 4.69) is 16.4 Å². The van der Waals surface area contributed by atoms with Crippen molar-refractivity contribution in [2.45, 2.75) is 54.7 Å². The van der Waals surface area contributed by atoms with E-state index in [9.17, 15) is 4.79 Å². The highest BCUT2D eigenvalue weighted by atomic mass is 32.2. The van der Waals surface area contributed by atoms with Crippen LogP contribution >= 0.6 is 23.1 Å². The van der Waals surface area contributed by atoms with Gasteiger partial charge in [0.2, 0.25) is 5.91 Å². The van der Waals surface area contributed by atoms with Crippen molar-refractivity contribution in [3.63, 3.8) is 0 Å². The number of rotatable bonds is 4. The SMILES string of the molecule is C[C@H](Sc1nc2ccccc2s1)C(=O)NC1CCCCC1. The molecular formula is C16H20N2OS2. The predicted molar refractivity (Wildman–Crippen MR) is 90.0 cm³/mol. The first-order valence-corrected chi connectivity index (χ1v) is 9.24. The molecule has 1 saturated carbocycles. The lowest BCUT2D eigenvalue weighted by atomic mass is 9.95. The number of carbonyl (C=O) groups excluding carboxylic acids is 1. The molecule has 1 aliphatic rings. The molecule has 1 aromatic carbocycles. The Morgan fingerprint density at radius 3 is 2.86 bits per heavy atom. The molecule has 0 unspecified atom stereocenters. The average molecular weight is 320 g/mol. The molecule has 0 aliphatic heterocycles. The summed E-state index contributed by atoms with van der Waals surface area (Å²) in [5, 5.41) is 3.10. The normalized spacial score (nSPS) is 17.8. The molecule has 0 bridgehead atoms. The monoisotopic (exact) mass is 320 g/mol. The molecule has 1 heterocycles. The van der Waals surface area contributed by atoms with Crippen LogP contribution in [0, 0.1) is 0 Å². The highest BCUT2D eigenvalue weighted by molar-refractivity contribution is 8.02. The van der Waals surface area contributed by atoms with Crippen molar-refractivity contribution in [1.29, 1.82) is 0 Å². The van der Waals surface area contributed by atoms with E-state index < -0.39 is 0 Å². The average Bonchev–Trinajstić information content (AvgIpc) is 2.90. The number of hydrogen-bond donors (Lipinski definition) is 1. The van der Waals surface area contributed by atoms with Crippen LogP contribution in [0.1, 0.15) is 39.0 Å². The third-order valence-electron chi connectivity index (χ3n) is 3.87. The lowest BCUT2D eigenvalue weighted by molar-refractivity contribution is -0.121. The summed E-state index contributed by atoms with van der Waals surface area (Å²) in [7, 11) is 0. The van der Waals surface area contributed by atoms with Crippen molar-refractivity contribution in [3.8, 4) is 0 Å². The number of thiazole rings is 1. The second-order valence-electron chi connectivity index (χ2n) is 5.55. The van der Waals surface area contributed by atoms with E-state index in [1.165, 1.54) is 24.0 Å². The highest BCUT2D eigenvalue weighted by Crippen LogP contribution is 2.32. The number of nitrogens with zero attached hydrogens (tertiary/aromatic N) is 1. The molecule has 3 rings (SSSR count). The lowest BCUT2D eigenvalue weighted by Crippen LogP contribution is -2.40. The number of amides is 1. The predicted octanol–water partition coefficient (Wildman–Crippen LogP) is 4.23. The van der Waals surface area contributed by atoms with Gasteiger partial charge in [-0.2, -0.15) is 0 Å². The van der Waals surface area contributed by atoms with Gasteiger partial charge in [-0.15, -0.1) is 11.3 Å². The summed E-state index contributed by atoms with van der Waals surface area (Å²) in [5.41, 5.74) is 1.02. The number of fused-ring (bicyclic) bond motifs is 1. The van der Waals surface area contributed by atoms with Crippen LogP contribution in [0.15, 0.2) is 28.6 Å². The fraction of sp³-hybridized carbons (Fsp3) is 0.500. The molecule has 0 saturated heterocycles. The van der Waals surface area contributed by atoms with Crippen LogP contribution in [-0.4, -0.2) is 22.2 Å². The fourth-order valence-corrected chi connectivity index (χ4v) is 4.89. The lowest BCUT2D eigenvalue weighted by Gasteiger charge is -2.24. The summed E-state index contributed by atoms with van der Waals surface area (Å²) in [6.45, 7) is 1.97. The summed E-state index contributed by atoms with van der Waals surface area (Å²) in [6, 6.07) is 8.49. The van der Waals surface area contributed by atoms with Gasteiger partial charge < -0.3 is 5.32 Å². The van der Waals surface area contributed by atoms with E-state index >= 15 is 0 Å². The van der Waals surface area contributed by atoms with Crippen LogP contribution in [0.3, 0.4) is 0 Å². The molecule has 1 amide bonds. The number of thioether (sulfide) groups is 1. The largest absolute Gasteiger partial charge is 0.352 e. The smallest absolute Gasteiger partial charge is 0.233 e. The van der Waals surface area contributed by atoms with Gasteiger partial charge in [0, 0.05) is 6.04 Å².